The number of hydrogen-bond donors (Lipinski definition) is 1. The van der Waals surface area contributed by atoms with Gasteiger partial charge >= 0.3 is 0 Å². The molecule has 0 aliphatic rings. The van der Waals surface area contributed by atoms with Crippen LogP contribution in [0.5, 0.6) is 0 Å². The molecule has 1 heteroatoms. The smallest absolute Gasteiger partial charge is 0.0148 e. The Hall–Kier alpha value is 0.220. The third-order valence-electron chi connectivity index (χ3n) is 0.353. The molecule has 0 aromatic carbocycles. The molecular weight excluding hydrogens is 80.1 g/mol. The summed E-state index contributed by atoms with van der Waals surface area (Å²) >= 11 is 1.03. The minimum atomic E-state index is 1.03. The molecule has 0 aromatic heterocycles. The van der Waals surface area contributed by atoms with E-state index in [1.165, 1.54) is 6.42 Å². The molecule has 31 valence electrons. The molecule has 1 radical (unpaired) electrons. The fourth-order valence-electron chi connectivity index (χ4n) is 0.129. The topological polar surface area (TPSA) is 0 Å². The van der Waals surface area contributed by atoms with Crippen LogP contribution in [0.4, 0.5) is 0 Å². The summed E-state index contributed by atoms with van der Waals surface area (Å²) in [5.41, 5.74) is 0. The maximum absolute atomic E-state index is 5.11. The zero-order chi connectivity index (χ0) is 4.12. The van der Waals surface area contributed by atoms with Crippen molar-refractivity contribution >= 4 is 17.2 Å². The van der Waals surface area contributed by atoms with Gasteiger partial charge in [-0.15, -0.1) is 0 Å². The third-order valence-corrected chi connectivity index (χ3v) is 1.06. The normalized spacial score (nSPS) is 8.20. The Morgan fingerprint density at radius 2 is 2.40 bits per heavy atom. The van der Waals surface area contributed by atoms with Gasteiger partial charge in [0.2, 0.25) is 0 Å². The molecule has 0 saturated heterocycles. The lowest BCUT2D eigenvalue weighted by atomic mass is 10.6. The van der Waals surface area contributed by atoms with Crippen molar-refractivity contribution in [3.05, 3.63) is 0 Å². The van der Waals surface area contributed by atoms with Gasteiger partial charge in [0.15, 0.2) is 0 Å². The van der Waals surface area contributed by atoms with Crippen molar-refractivity contribution in [1.82, 2.24) is 0 Å². The van der Waals surface area contributed by atoms with Crippen LogP contribution in [0.15, 0.2) is 0 Å². The maximum atomic E-state index is 5.11. The minimum Gasteiger partial charge on any atom is -0.200 e. The summed E-state index contributed by atoms with van der Waals surface area (Å²) in [6.45, 7) is 2.12. The van der Waals surface area contributed by atoms with Crippen LogP contribution in [0.1, 0.15) is 13.3 Å². The summed E-state index contributed by atoms with van der Waals surface area (Å²) in [4.78, 5) is 0. The Morgan fingerprint density at radius 3 is 2.40 bits per heavy atom. The monoisotopic (exact) mass is 89.0 g/mol. The van der Waals surface area contributed by atoms with Crippen LogP contribution in [0.2, 0.25) is 0 Å². The lowest BCUT2D eigenvalue weighted by Gasteiger charge is -1.74. The molecular formula is C4H9S. The van der Waals surface area contributed by atoms with Crippen molar-refractivity contribution < 1.29 is 0 Å². The van der Waals surface area contributed by atoms with Gasteiger partial charge in [0.05, 0.1) is 0 Å². The zero-order valence-corrected chi connectivity index (χ0v) is 4.33. The molecule has 0 N–H and O–H groups in total. The quantitative estimate of drug-likeness (QED) is 0.381. The van der Waals surface area contributed by atoms with Crippen molar-refractivity contribution in [3.8, 4) is 0 Å². The van der Waals surface area contributed by atoms with Gasteiger partial charge in [-0.05, 0) is 18.0 Å². The molecule has 0 heterocycles. The molecule has 0 aliphatic heterocycles. The summed E-state index contributed by atoms with van der Waals surface area (Å²) in [6.07, 6.45) is 1.21. The third kappa shape index (κ3) is 4.22. The average molecular weight is 89.2 g/mol. The largest absolute Gasteiger partial charge is 0.200 e. The summed E-state index contributed by atoms with van der Waals surface area (Å²) < 4.78 is 0. The average Bonchev–Trinajstić information content (AvgIpc) is 1.41. The lowest BCUT2D eigenvalue weighted by Crippen LogP contribution is -1.60. The van der Waals surface area contributed by atoms with Crippen LogP contribution >= 0.6 is 11.4 Å². The SMILES string of the molecule is [CH]=[SH]CCC. The Kier molecular flexibility index (Phi) is 4.41. The van der Waals surface area contributed by atoms with E-state index in [9.17, 15) is 0 Å². The summed E-state index contributed by atoms with van der Waals surface area (Å²) in [6, 6.07) is 0. The van der Waals surface area contributed by atoms with E-state index in [2.05, 4.69) is 6.92 Å². The molecule has 0 nitrogen and oxygen atoms in total. The van der Waals surface area contributed by atoms with E-state index < -0.39 is 0 Å². The van der Waals surface area contributed by atoms with Crippen LogP contribution in [0.3, 0.4) is 0 Å². The molecule has 0 rings (SSSR count). The van der Waals surface area contributed by atoms with Crippen LogP contribution in [0, 0.1) is 0 Å². The standard InChI is InChI=1S/C4H9S/c1-3-4-5-2/h2,5H,3-4H2,1H3. The van der Waals surface area contributed by atoms with Gasteiger partial charge in [0, 0.05) is 0 Å². The molecule has 0 bridgehead atoms. The number of thiol groups is 1. The highest BCUT2D eigenvalue weighted by Gasteiger charge is 1.61. The van der Waals surface area contributed by atoms with Gasteiger partial charge in [0.1, 0.15) is 0 Å². The molecule has 0 spiro atoms. The Bertz CT molecular complexity index is 24.8. The van der Waals surface area contributed by atoms with E-state index in [4.69, 9.17) is 5.87 Å². The highest BCUT2D eigenvalue weighted by molar-refractivity contribution is 7.96. The Balaban J connectivity index is 2.40. The Labute approximate surface area is 37.2 Å². The van der Waals surface area contributed by atoms with Gasteiger partial charge < -0.3 is 0 Å². The summed E-state index contributed by atoms with van der Waals surface area (Å²) in [5.74, 6) is 6.25. The summed E-state index contributed by atoms with van der Waals surface area (Å²) in [7, 11) is 0. The van der Waals surface area contributed by atoms with Gasteiger partial charge in [-0.25, -0.2) is 0 Å². The van der Waals surface area contributed by atoms with Crippen LogP contribution in [0.25, 0.3) is 0 Å². The first-order valence-corrected chi connectivity index (χ1v) is 2.93. The van der Waals surface area contributed by atoms with Gasteiger partial charge in [-0.1, -0.05) is 6.92 Å². The van der Waals surface area contributed by atoms with Crippen molar-refractivity contribution in [2.75, 3.05) is 5.75 Å². The summed E-state index contributed by atoms with van der Waals surface area (Å²) in [5, 5.41) is 0. The molecule has 0 amide bonds. The molecule has 5 heavy (non-hydrogen) atoms. The molecule has 0 saturated carbocycles. The second kappa shape index (κ2) is 4.22. The van der Waals surface area contributed by atoms with Crippen molar-refractivity contribution in [2.45, 2.75) is 13.3 Å². The number of rotatable bonds is 2. The molecule has 0 atom stereocenters. The maximum Gasteiger partial charge on any atom is -0.0148 e. The van der Waals surface area contributed by atoms with Crippen LogP contribution < -0.4 is 0 Å². The second-order valence-electron chi connectivity index (χ2n) is 0.906. The zero-order valence-electron chi connectivity index (χ0n) is 3.44. The first-order chi connectivity index (χ1) is 2.41. The fraction of sp³-hybridized carbons (Fsp3) is 0.750. The van der Waals surface area contributed by atoms with E-state index in [1.54, 1.807) is 0 Å². The van der Waals surface area contributed by atoms with E-state index >= 15 is 0 Å². The van der Waals surface area contributed by atoms with Crippen LogP contribution in [-0.2, 0) is 0 Å². The predicted molar refractivity (Wildman–Crippen MR) is 30.2 cm³/mol. The van der Waals surface area contributed by atoms with Gasteiger partial charge in [0.25, 0.3) is 0 Å². The Morgan fingerprint density at radius 1 is 1.80 bits per heavy atom. The molecule has 0 fully saturated rings. The van der Waals surface area contributed by atoms with E-state index in [0.29, 0.717) is 0 Å². The highest BCUT2D eigenvalue weighted by Crippen LogP contribution is 1.81. The second-order valence-corrected chi connectivity index (χ2v) is 1.72. The fourth-order valence-corrected chi connectivity index (χ4v) is 0.387. The molecule has 0 aromatic rings. The molecule has 0 aliphatic carbocycles. The minimum absolute atomic E-state index is 1.03. The highest BCUT2D eigenvalue weighted by atomic mass is 32.1. The lowest BCUT2D eigenvalue weighted by molar-refractivity contribution is 1.11. The van der Waals surface area contributed by atoms with Crippen molar-refractivity contribution in [2.24, 2.45) is 0 Å². The van der Waals surface area contributed by atoms with Crippen molar-refractivity contribution in [3.63, 3.8) is 0 Å². The number of hydrogen-bond acceptors (Lipinski definition) is 0. The van der Waals surface area contributed by atoms with Crippen molar-refractivity contribution in [1.29, 1.82) is 0 Å². The van der Waals surface area contributed by atoms with E-state index in [1.807, 2.05) is 0 Å². The first kappa shape index (κ1) is 5.22. The van der Waals surface area contributed by atoms with Gasteiger partial charge in [-0.3, -0.25) is 0 Å². The molecule has 0 unspecified atom stereocenters. The first-order valence-electron chi connectivity index (χ1n) is 1.78. The van der Waals surface area contributed by atoms with Crippen LogP contribution in [-0.4, -0.2) is 11.6 Å². The van der Waals surface area contributed by atoms with Gasteiger partial charge in [-0.2, -0.15) is 11.4 Å². The predicted octanol–water partition coefficient (Wildman–Crippen LogP) is 1.17. The van der Waals surface area contributed by atoms with E-state index in [0.717, 1.165) is 17.1 Å². The van der Waals surface area contributed by atoms with E-state index in [-0.39, 0.29) is 0 Å².